The van der Waals surface area contributed by atoms with E-state index < -0.39 is 15.7 Å². The molecule has 0 radical (unpaired) electrons. The fourth-order valence-corrected chi connectivity index (χ4v) is 5.04. The van der Waals surface area contributed by atoms with E-state index in [1.807, 2.05) is 39.0 Å². The quantitative estimate of drug-likeness (QED) is 0.304. The lowest BCUT2D eigenvalue weighted by Crippen LogP contribution is -2.33. The van der Waals surface area contributed by atoms with Crippen molar-refractivity contribution in [3.63, 3.8) is 0 Å². The molecular formula is C21H28N2O6S2. The van der Waals surface area contributed by atoms with Gasteiger partial charge in [-0.3, -0.25) is 14.7 Å². The molecule has 2 atom stereocenters. The molecule has 1 aromatic heterocycles. The summed E-state index contributed by atoms with van der Waals surface area (Å²) in [7, 11) is -3.98. The molecule has 8 nitrogen and oxygen atoms in total. The fourth-order valence-electron chi connectivity index (χ4n) is 3.26. The Balaban J connectivity index is 1.67. The topological polar surface area (TPSA) is 126 Å². The number of benzene rings is 1. The Labute approximate surface area is 185 Å². The van der Waals surface area contributed by atoms with Gasteiger partial charge in [0.15, 0.2) is 0 Å². The van der Waals surface area contributed by atoms with E-state index in [9.17, 15) is 18.0 Å². The van der Waals surface area contributed by atoms with Crippen LogP contribution in [0.15, 0.2) is 33.5 Å². The van der Waals surface area contributed by atoms with Crippen molar-refractivity contribution in [3.8, 4) is 0 Å². The van der Waals surface area contributed by atoms with Crippen molar-refractivity contribution >= 4 is 44.3 Å². The van der Waals surface area contributed by atoms with Crippen LogP contribution < -0.4 is 16.3 Å². The molecule has 3 N–H and O–H groups in total. The number of ketones is 1. The molecule has 0 aliphatic carbocycles. The van der Waals surface area contributed by atoms with Gasteiger partial charge in [-0.2, -0.15) is 8.42 Å². The van der Waals surface area contributed by atoms with Gasteiger partial charge in [-0.05, 0) is 24.6 Å². The van der Waals surface area contributed by atoms with E-state index in [0.717, 1.165) is 11.1 Å². The van der Waals surface area contributed by atoms with Crippen molar-refractivity contribution in [2.45, 2.75) is 45.0 Å². The molecule has 1 aliphatic rings. The van der Waals surface area contributed by atoms with Crippen molar-refractivity contribution in [1.82, 2.24) is 5.32 Å². The van der Waals surface area contributed by atoms with E-state index in [0.29, 0.717) is 29.8 Å². The smallest absolute Gasteiger partial charge is 0.341 e. The van der Waals surface area contributed by atoms with Gasteiger partial charge in [0.05, 0.1) is 16.7 Å². The molecule has 3 rings (SSSR count). The first-order valence-corrected chi connectivity index (χ1v) is 12.8. The molecule has 1 fully saturated rings. The molecule has 0 spiro atoms. The van der Waals surface area contributed by atoms with Crippen molar-refractivity contribution in [3.05, 3.63) is 40.2 Å². The maximum absolute atomic E-state index is 12.6. The summed E-state index contributed by atoms with van der Waals surface area (Å²) < 4.78 is 35.8. The summed E-state index contributed by atoms with van der Waals surface area (Å²) in [6, 6.07) is 7.16. The number of carbonyl (C=O) groups is 1. The normalized spacial score (nSPS) is 19.6. The van der Waals surface area contributed by atoms with Crippen LogP contribution in [0.25, 0.3) is 11.0 Å². The summed E-state index contributed by atoms with van der Waals surface area (Å²) in [5.41, 5.74) is 0.828. The minimum Gasteiger partial charge on any atom is -0.422 e. The summed E-state index contributed by atoms with van der Waals surface area (Å²) >= 11 is 1.59. The number of hydrogen-bond acceptors (Lipinski definition) is 8. The van der Waals surface area contributed by atoms with Gasteiger partial charge in [-0.15, -0.1) is 11.8 Å². The number of anilines is 1. The third-order valence-corrected chi connectivity index (χ3v) is 7.20. The highest BCUT2D eigenvalue weighted by atomic mass is 32.2. The molecular weight excluding hydrogens is 440 g/mol. The predicted octanol–water partition coefficient (Wildman–Crippen LogP) is 3.19. The molecule has 1 saturated heterocycles. The molecule has 31 heavy (non-hydrogen) atoms. The number of nitrogens with one attached hydrogen (secondary N) is 2. The van der Waals surface area contributed by atoms with E-state index in [1.165, 1.54) is 0 Å². The Morgan fingerprint density at radius 3 is 2.74 bits per heavy atom. The molecule has 10 heteroatoms. The molecule has 2 heterocycles. The van der Waals surface area contributed by atoms with E-state index in [2.05, 4.69) is 10.6 Å². The standard InChI is InChI=1S/C21H28N2O6S2/c1-21(2,3)18(24)11-15-12-30-19(23-15)16-9-13-5-6-14(10-17(13)29-20(16)25)22-7-4-8-31(26,27)28/h5-6,9-10,15,19,22-23H,4,7-8,11-12H2,1-3H3,(H,26,27,28). The highest BCUT2D eigenvalue weighted by molar-refractivity contribution is 7.99. The lowest BCUT2D eigenvalue weighted by molar-refractivity contribution is -0.126. The van der Waals surface area contributed by atoms with Crippen molar-refractivity contribution in [2.75, 3.05) is 23.4 Å². The number of carbonyl (C=O) groups excluding carboxylic acids is 1. The second-order valence-electron chi connectivity index (χ2n) is 8.76. The first kappa shape index (κ1) is 23.8. The molecule has 2 unspecified atom stereocenters. The van der Waals surface area contributed by atoms with Crippen LogP contribution in [0.1, 0.15) is 44.6 Å². The van der Waals surface area contributed by atoms with Gasteiger partial charge in [-0.25, -0.2) is 4.79 Å². The zero-order chi connectivity index (χ0) is 22.8. The van der Waals surface area contributed by atoms with Crippen LogP contribution in [0, 0.1) is 5.41 Å². The van der Waals surface area contributed by atoms with Crippen LogP contribution in [0.4, 0.5) is 5.69 Å². The average molecular weight is 469 g/mol. The molecule has 0 bridgehead atoms. The molecule has 170 valence electrons. The lowest BCUT2D eigenvalue weighted by atomic mass is 9.87. The third-order valence-electron chi connectivity index (χ3n) is 5.07. The van der Waals surface area contributed by atoms with Crippen molar-refractivity contribution < 1.29 is 22.2 Å². The number of thioether (sulfide) groups is 1. The molecule has 1 aromatic carbocycles. The maximum atomic E-state index is 12.6. The number of Topliss-reactive ketones (excluding diaryl/α,β-unsaturated/α-hetero) is 1. The van der Waals surface area contributed by atoms with Crippen LogP contribution >= 0.6 is 11.8 Å². The SMILES string of the molecule is CC(C)(C)C(=O)CC1CSC(c2cc3ccc(NCCCS(=O)(=O)O)cc3oc2=O)N1. The van der Waals surface area contributed by atoms with E-state index in [1.54, 1.807) is 17.8 Å². The van der Waals surface area contributed by atoms with Crippen molar-refractivity contribution in [2.24, 2.45) is 5.41 Å². The van der Waals surface area contributed by atoms with Crippen LogP contribution in [0.2, 0.25) is 0 Å². The minimum atomic E-state index is -3.98. The monoisotopic (exact) mass is 468 g/mol. The number of rotatable bonds is 8. The average Bonchev–Trinajstić information content (AvgIpc) is 3.11. The van der Waals surface area contributed by atoms with Crippen molar-refractivity contribution in [1.29, 1.82) is 0 Å². The van der Waals surface area contributed by atoms with Gasteiger partial charge in [0.1, 0.15) is 11.4 Å². The van der Waals surface area contributed by atoms with Gasteiger partial charge < -0.3 is 9.73 Å². The summed E-state index contributed by atoms with van der Waals surface area (Å²) in [5.74, 6) is 0.616. The Bertz CT molecular complexity index is 1120. The summed E-state index contributed by atoms with van der Waals surface area (Å²) in [6.45, 7) is 6.07. The van der Waals surface area contributed by atoms with Crippen LogP contribution in [-0.2, 0) is 14.9 Å². The summed E-state index contributed by atoms with van der Waals surface area (Å²) in [6.07, 6.45) is 0.682. The Morgan fingerprint density at radius 1 is 1.32 bits per heavy atom. The van der Waals surface area contributed by atoms with Gasteiger partial charge >= 0.3 is 5.63 Å². The first-order valence-electron chi connectivity index (χ1n) is 10.1. The molecule has 0 amide bonds. The summed E-state index contributed by atoms with van der Waals surface area (Å²) in [5, 5.41) is 6.97. The van der Waals surface area contributed by atoms with Gasteiger partial charge in [-0.1, -0.05) is 20.8 Å². The van der Waals surface area contributed by atoms with Crippen LogP contribution in [-0.4, -0.2) is 42.8 Å². The van der Waals surface area contributed by atoms with Gasteiger partial charge in [0.25, 0.3) is 10.1 Å². The minimum absolute atomic E-state index is 0.0196. The Kier molecular flexibility index (Phi) is 7.14. The zero-order valence-electron chi connectivity index (χ0n) is 17.8. The third kappa shape index (κ3) is 6.55. The highest BCUT2D eigenvalue weighted by Gasteiger charge is 2.32. The fraction of sp³-hybridized carbons (Fsp3) is 0.524. The van der Waals surface area contributed by atoms with E-state index in [4.69, 9.17) is 8.97 Å². The van der Waals surface area contributed by atoms with E-state index >= 15 is 0 Å². The second-order valence-corrected chi connectivity index (χ2v) is 11.5. The van der Waals surface area contributed by atoms with E-state index in [-0.39, 0.29) is 34.8 Å². The lowest BCUT2D eigenvalue weighted by Gasteiger charge is -2.19. The maximum Gasteiger partial charge on any atom is 0.341 e. The number of hydrogen-bond donors (Lipinski definition) is 3. The number of fused-ring (bicyclic) bond motifs is 1. The van der Waals surface area contributed by atoms with Gasteiger partial charge in [0, 0.05) is 47.3 Å². The molecule has 1 aliphatic heterocycles. The molecule has 0 saturated carbocycles. The second kappa shape index (κ2) is 9.32. The summed E-state index contributed by atoms with van der Waals surface area (Å²) in [4.78, 5) is 24.9. The van der Waals surface area contributed by atoms with Crippen LogP contribution in [0.3, 0.4) is 0 Å². The highest BCUT2D eigenvalue weighted by Crippen LogP contribution is 2.34. The van der Waals surface area contributed by atoms with Crippen LogP contribution in [0.5, 0.6) is 0 Å². The Hall–Kier alpha value is -1.88. The first-order chi connectivity index (χ1) is 14.4. The Morgan fingerprint density at radius 2 is 2.06 bits per heavy atom. The zero-order valence-corrected chi connectivity index (χ0v) is 19.4. The van der Waals surface area contributed by atoms with Gasteiger partial charge in [0.2, 0.25) is 0 Å². The largest absolute Gasteiger partial charge is 0.422 e. The molecule has 2 aromatic rings. The predicted molar refractivity (Wildman–Crippen MR) is 123 cm³/mol.